The standard InChI is InChI=1S/C19H21BrN2O2/c1-13-12-16(9-10-17(13)20)21-18(23)11-6-14-4-7-15(8-5-14)19(24)22(2)3/h4-5,7-10,12H,6,11H2,1-3H3,(H,21,23). The molecular weight excluding hydrogens is 368 g/mol. The summed E-state index contributed by atoms with van der Waals surface area (Å²) in [6.45, 7) is 1.98. The van der Waals surface area contributed by atoms with Crippen LogP contribution >= 0.6 is 15.9 Å². The molecule has 0 aliphatic heterocycles. The van der Waals surface area contributed by atoms with E-state index in [1.165, 1.54) is 0 Å². The van der Waals surface area contributed by atoms with Crippen molar-refractivity contribution >= 4 is 33.4 Å². The van der Waals surface area contributed by atoms with Gasteiger partial charge < -0.3 is 10.2 Å². The van der Waals surface area contributed by atoms with Crippen molar-refractivity contribution in [2.24, 2.45) is 0 Å². The quantitative estimate of drug-likeness (QED) is 0.840. The summed E-state index contributed by atoms with van der Waals surface area (Å²) in [7, 11) is 3.45. The maximum Gasteiger partial charge on any atom is 0.253 e. The van der Waals surface area contributed by atoms with Crippen molar-refractivity contribution in [3.63, 3.8) is 0 Å². The van der Waals surface area contributed by atoms with Crippen molar-refractivity contribution in [1.29, 1.82) is 0 Å². The number of amides is 2. The van der Waals surface area contributed by atoms with Crippen LogP contribution < -0.4 is 5.32 Å². The molecule has 2 aromatic rings. The number of halogens is 1. The molecule has 0 fully saturated rings. The Labute approximate surface area is 151 Å². The Balaban J connectivity index is 1.89. The monoisotopic (exact) mass is 388 g/mol. The van der Waals surface area contributed by atoms with Crippen LogP contribution in [0.1, 0.15) is 27.9 Å². The molecule has 0 saturated carbocycles. The zero-order valence-electron chi connectivity index (χ0n) is 14.1. The summed E-state index contributed by atoms with van der Waals surface area (Å²) in [5.74, 6) is -0.0462. The van der Waals surface area contributed by atoms with Gasteiger partial charge in [0.05, 0.1) is 0 Å². The number of carbonyl (C=O) groups excluding carboxylic acids is 2. The van der Waals surface area contributed by atoms with Crippen molar-refractivity contribution in [2.75, 3.05) is 19.4 Å². The lowest BCUT2D eigenvalue weighted by Gasteiger charge is -2.10. The third kappa shape index (κ3) is 4.93. The molecule has 126 valence electrons. The third-order valence-electron chi connectivity index (χ3n) is 3.69. The number of nitrogens with zero attached hydrogens (tertiary/aromatic N) is 1. The molecular formula is C19H21BrN2O2. The lowest BCUT2D eigenvalue weighted by molar-refractivity contribution is -0.116. The van der Waals surface area contributed by atoms with E-state index in [1.807, 2.05) is 37.3 Å². The molecule has 4 nitrogen and oxygen atoms in total. The largest absolute Gasteiger partial charge is 0.345 e. The van der Waals surface area contributed by atoms with Gasteiger partial charge in [0, 0.05) is 36.2 Å². The van der Waals surface area contributed by atoms with Crippen LogP contribution in [-0.4, -0.2) is 30.8 Å². The molecule has 2 amide bonds. The van der Waals surface area contributed by atoms with E-state index < -0.39 is 0 Å². The molecule has 0 aliphatic rings. The lowest BCUT2D eigenvalue weighted by Crippen LogP contribution is -2.21. The summed E-state index contributed by atoms with van der Waals surface area (Å²) in [5.41, 5.74) is 3.56. The molecule has 0 aliphatic carbocycles. The van der Waals surface area contributed by atoms with Crippen LogP contribution in [0.2, 0.25) is 0 Å². The van der Waals surface area contributed by atoms with Gasteiger partial charge in [-0.3, -0.25) is 9.59 Å². The number of carbonyl (C=O) groups is 2. The van der Waals surface area contributed by atoms with E-state index in [1.54, 1.807) is 31.1 Å². The van der Waals surface area contributed by atoms with E-state index in [9.17, 15) is 9.59 Å². The average molecular weight is 389 g/mol. The predicted molar refractivity (Wildman–Crippen MR) is 100 cm³/mol. The van der Waals surface area contributed by atoms with Crippen LogP contribution in [0.5, 0.6) is 0 Å². The normalized spacial score (nSPS) is 10.3. The van der Waals surface area contributed by atoms with Crippen LogP contribution in [0.3, 0.4) is 0 Å². The minimum atomic E-state index is -0.0232. The van der Waals surface area contributed by atoms with Crippen LogP contribution in [0, 0.1) is 6.92 Å². The number of aryl methyl sites for hydroxylation is 2. The second kappa shape index (κ2) is 8.11. The van der Waals surface area contributed by atoms with Crippen LogP contribution in [0.15, 0.2) is 46.9 Å². The average Bonchev–Trinajstić information content (AvgIpc) is 2.56. The highest BCUT2D eigenvalue weighted by molar-refractivity contribution is 9.10. The molecule has 0 aromatic heterocycles. The number of rotatable bonds is 5. The van der Waals surface area contributed by atoms with Crippen LogP contribution in [0.25, 0.3) is 0 Å². The van der Waals surface area contributed by atoms with Gasteiger partial charge in [-0.2, -0.15) is 0 Å². The minimum absolute atomic E-state index is 0.0230. The molecule has 0 spiro atoms. The Morgan fingerprint density at radius 3 is 2.33 bits per heavy atom. The van der Waals surface area contributed by atoms with Gasteiger partial charge in [-0.25, -0.2) is 0 Å². The number of anilines is 1. The predicted octanol–water partition coefficient (Wildman–Crippen LogP) is 4.03. The molecule has 5 heteroatoms. The zero-order chi connectivity index (χ0) is 17.7. The highest BCUT2D eigenvalue weighted by Gasteiger charge is 2.08. The molecule has 24 heavy (non-hydrogen) atoms. The van der Waals surface area contributed by atoms with Gasteiger partial charge >= 0.3 is 0 Å². The van der Waals surface area contributed by atoms with Crippen LogP contribution in [0.4, 0.5) is 5.69 Å². The maximum atomic E-state index is 12.1. The number of hydrogen-bond acceptors (Lipinski definition) is 2. The van der Waals surface area contributed by atoms with Gasteiger partial charge in [0.1, 0.15) is 0 Å². The summed E-state index contributed by atoms with van der Waals surface area (Å²) >= 11 is 3.44. The third-order valence-corrected chi connectivity index (χ3v) is 4.58. The van der Waals surface area contributed by atoms with Gasteiger partial charge in [-0.15, -0.1) is 0 Å². The first-order chi connectivity index (χ1) is 11.4. The fourth-order valence-corrected chi connectivity index (χ4v) is 2.52. The van der Waals surface area contributed by atoms with E-state index in [4.69, 9.17) is 0 Å². The van der Waals surface area contributed by atoms with Crippen molar-refractivity contribution in [1.82, 2.24) is 4.90 Å². The summed E-state index contributed by atoms with van der Waals surface area (Å²) in [6.07, 6.45) is 1.04. The second-order valence-electron chi connectivity index (χ2n) is 5.91. The van der Waals surface area contributed by atoms with Gasteiger partial charge in [-0.05, 0) is 54.8 Å². The summed E-state index contributed by atoms with van der Waals surface area (Å²) in [4.78, 5) is 25.4. The van der Waals surface area contributed by atoms with E-state index in [-0.39, 0.29) is 11.8 Å². The molecule has 0 atom stereocenters. The smallest absolute Gasteiger partial charge is 0.253 e. The summed E-state index contributed by atoms with van der Waals surface area (Å²) in [5, 5.41) is 2.90. The van der Waals surface area contributed by atoms with Crippen molar-refractivity contribution in [2.45, 2.75) is 19.8 Å². The molecule has 2 rings (SSSR count). The van der Waals surface area contributed by atoms with E-state index in [2.05, 4.69) is 21.2 Å². The Kier molecular flexibility index (Phi) is 6.15. The van der Waals surface area contributed by atoms with Gasteiger partial charge in [0.25, 0.3) is 5.91 Å². The lowest BCUT2D eigenvalue weighted by atomic mass is 10.1. The van der Waals surface area contributed by atoms with Crippen molar-refractivity contribution < 1.29 is 9.59 Å². The molecule has 0 unspecified atom stereocenters. The molecule has 2 aromatic carbocycles. The Hall–Kier alpha value is -2.14. The summed E-state index contributed by atoms with van der Waals surface area (Å²) in [6, 6.07) is 13.1. The molecule has 1 N–H and O–H groups in total. The van der Waals surface area contributed by atoms with Gasteiger partial charge in [0.15, 0.2) is 0 Å². The number of nitrogens with one attached hydrogen (secondary N) is 1. The van der Waals surface area contributed by atoms with Gasteiger partial charge in [-0.1, -0.05) is 28.1 Å². The zero-order valence-corrected chi connectivity index (χ0v) is 15.7. The first-order valence-electron chi connectivity index (χ1n) is 7.73. The fourth-order valence-electron chi connectivity index (χ4n) is 2.28. The van der Waals surface area contributed by atoms with Crippen LogP contribution in [-0.2, 0) is 11.2 Å². The first kappa shape index (κ1) is 18.2. The highest BCUT2D eigenvalue weighted by Crippen LogP contribution is 2.20. The molecule has 0 radical (unpaired) electrons. The minimum Gasteiger partial charge on any atom is -0.345 e. The second-order valence-corrected chi connectivity index (χ2v) is 6.76. The fraction of sp³-hybridized carbons (Fsp3) is 0.263. The first-order valence-corrected chi connectivity index (χ1v) is 8.52. The molecule has 0 bridgehead atoms. The topological polar surface area (TPSA) is 49.4 Å². The maximum absolute atomic E-state index is 12.1. The number of hydrogen-bond donors (Lipinski definition) is 1. The molecule has 0 saturated heterocycles. The van der Waals surface area contributed by atoms with Crippen molar-refractivity contribution in [3.05, 3.63) is 63.6 Å². The van der Waals surface area contributed by atoms with E-state index >= 15 is 0 Å². The molecule has 0 heterocycles. The Morgan fingerprint density at radius 2 is 1.75 bits per heavy atom. The summed E-state index contributed by atoms with van der Waals surface area (Å²) < 4.78 is 1.02. The van der Waals surface area contributed by atoms with E-state index in [0.717, 1.165) is 21.3 Å². The van der Waals surface area contributed by atoms with Gasteiger partial charge in [0.2, 0.25) is 5.91 Å². The Morgan fingerprint density at radius 1 is 1.08 bits per heavy atom. The Bertz CT molecular complexity index is 740. The SMILES string of the molecule is Cc1cc(NC(=O)CCc2ccc(C(=O)N(C)C)cc2)ccc1Br. The highest BCUT2D eigenvalue weighted by atomic mass is 79.9. The van der Waals surface area contributed by atoms with Crippen molar-refractivity contribution in [3.8, 4) is 0 Å². The van der Waals surface area contributed by atoms with E-state index in [0.29, 0.717) is 18.4 Å². The number of benzene rings is 2.